The molecule has 33 heavy (non-hydrogen) atoms. The number of quaternary nitrogens is 1. The van der Waals surface area contributed by atoms with Crippen molar-refractivity contribution in [3.63, 3.8) is 0 Å². The molecule has 2 heterocycles. The first kappa shape index (κ1) is 23.5. The molecule has 2 N–H and O–H groups in total. The molecule has 2 fully saturated rings. The summed E-state index contributed by atoms with van der Waals surface area (Å²) in [5.41, 5.74) is 4.49. The summed E-state index contributed by atoms with van der Waals surface area (Å²) in [5, 5.41) is 11.7. The summed E-state index contributed by atoms with van der Waals surface area (Å²) in [5.74, 6) is -0.606. The smallest absolute Gasteiger partial charge is 0.278 e. The Hall–Kier alpha value is -2.64. The van der Waals surface area contributed by atoms with E-state index in [1.54, 1.807) is 0 Å². The molecule has 0 saturated carbocycles. The van der Waals surface area contributed by atoms with Gasteiger partial charge in [-0.15, -0.1) is 0 Å². The van der Waals surface area contributed by atoms with Crippen molar-refractivity contribution in [2.45, 2.75) is 11.7 Å². The van der Waals surface area contributed by atoms with Crippen molar-refractivity contribution in [1.82, 2.24) is 10.4 Å². The quantitative estimate of drug-likeness (QED) is 0.458. The maximum Gasteiger partial charge on any atom is 0.278 e. The van der Waals surface area contributed by atoms with Gasteiger partial charge < -0.3 is 4.90 Å². The highest BCUT2D eigenvalue weighted by Gasteiger charge is 2.41. The van der Waals surface area contributed by atoms with Crippen molar-refractivity contribution >= 4 is 45.2 Å². The van der Waals surface area contributed by atoms with E-state index in [4.69, 9.17) is 0 Å². The highest BCUT2D eigenvalue weighted by Crippen LogP contribution is 2.41. The number of hydrogen-bond donors (Lipinski definition) is 2. The maximum absolute atomic E-state index is 13.5. The van der Waals surface area contributed by atoms with Crippen LogP contribution in [0.1, 0.15) is 5.56 Å². The number of nitriles is 1. The average Bonchev–Trinajstić information content (AvgIpc) is 3.13. The second-order valence-corrected chi connectivity index (χ2v) is 10.2. The van der Waals surface area contributed by atoms with Gasteiger partial charge in [0.05, 0.1) is 38.5 Å². The van der Waals surface area contributed by atoms with Crippen LogP contribution in [-0.4, -0.2) is 55.3 Å². The van der Waals surface area contributed by atoms with Crippen LogP contribution in [0, 0.1) is 11.3 Å². The Balaban J connectivity index is 1.63. The lowest BCUT2D eigenvalue weighted by molar-refractivity contribution is -0.884. The minimum Gasteiger partial charge on any atom is -0.335 e. The number of para-hydroxylation sites is 1. The Morgan fingerprint density at radius 1 is 1.18 bits per heavy atom. The first-order chi connectivity index (χ1) is 16.0. The topological polar surface area (TPSA) is 80.9 Å². The van der Waals surface area contributed by atoms with E-state index in [1.165, 1.54) is 21.6 Å². The number of hydrogen-bond acceptors (Lipinski definition) is 5. The van der Waals surface area contributed by atoms with Gasteiger partial charge in [-0.1, -0.05) is 58.0 Å². The Bertz CT molecular complexity index is 1090. The van der Waals surface area contributed by atoms with Crippen LogP contribution in [0.15, 0.2) is 69.7 Å². The molecule has 2 aliphatic heterocycles. The molecular weight excluding hydrogens is 502 g/mol. The normalized spacial score (nSPS) is 21.1. The third-order valence-corrected chi connectivity index (χ3v) is 7.52. The summed E-state index contributed by atoms with van der Waals surface area (Å²) >= 11 is 4.72. The molecule has 0 aromatic heterocycles. The van der Waals surface area contributed by atoms with Gasteiger partial charge in [-0.25, -0.2) is 5.01 Å². The molecule has 0 spiro atoms. The van der Waals surface area contributed by atoms with Gasteiger partial charge in [-0.3, -0.25) is 19.9 Å². The Labute approximate surface area is 206 Å². The van der Waals surface area contributed by atoms with Crippen molar-refractivity contribution in [2.24, 2.45) is 0 Å². The van der Waals surface area contributed by atoms with Gasteiger partial charge in [-0.2, -0.15) is 5.26 Å². The average molecular weight is 527 g/mol. The SMILES string of the molecule is C[NH+]1CCN(NC(=O)/C(C#N)=C2/SC(Cc3ccc(Br)cc3)C(=O)N2c2ccccc2)CC1. The van der Waals surface area contributed by atoms with Gasteiger partial charge in [0.2, 0.25) is 5.91 Å². The lowest BCUT2D eigenvalue weighted by atomic mass is 10.1. The molecule has 170 valence electrons. The lowest BCUT2D eigenvalue weighted by Crippen LogP contribution is -3.12. The molecule has 7 nitrogen and oxygen atoms in total. The fourth-order valence-corrected chi connectivity index (χ4v) is 5.41. The molecule has 0 bridgehead atoms. The van der Waals surface area contributed by atoms with Crippen LogP contribution < -0.4 is 15.2 Å². The first-order valence-electron chi connectivity index (χ1n) is 10.8. The number of anilines is 1. The summed E-state index contributed by atoms with van der Waals surface area (Å²) in [4.78, 5) is 29.5. The van der Waals surface area contributed by atoms with Crippen molar-refractivity contribution in [1.29, 1.82) is 5.26 Å². The number of likely N-dealkylation sites (N-methyl/N-ethyl adjacent to an activating group) is 1. The maximum atomic E-state index is 13.5. The number of carbonyl (C=O) groups is 2. The van der Waals surface area contributed by atoms with Crippen LogP contribution in [0.5, 0.6) is 0 Å². The number of piperazine rings is 1. The summed E-state index contributed by atoms with van der Waals surface area (Å²) in [6.07, 6.45) is 0.505. The molecule has 2 aliphatic rings. The summed E-state index contributed by atoms with van der Waals surface area (Å²) < 4.78 is 0.970. The molecule has 2 aromatic carbocycles. The van der Waals surface area contributed by atoms with Crippen molar-refractivity contribution < 1.29 is 14.5 Å². The number of halogens is 1. The number of benzene rings is 2. The number of nitrogens with zero attached hydrogens (tertiary/aromatic N) is 3. The lowest BCUT2D eigenvalue weighted by Gasteiger charge is -2.30. The summed E-state index contributed by atoms with van der Waals surface area (Å²) in [6, 6.07) is 19.1. The van der Waals surface area contributed by atoms with Gasteiger partial charge in [0.15, 0.2) is 0 Å². The van der Waals surface area contributed by atoms with E-state index in [0.29, 0.717) is 30.2 Å². The molecule has 1 unspecified atom stereocenters. The van der Waals surface area contributed by atoms with E-state index in [2.05, 4.69) is 34.5 Å². The van der Waals surface area contributed by atoms with Crippen LogP contribution in [-0.2, 0) is 16.0 Å². The van der Waals surface area contributed by atoms with Crippen molar-refractivity contribution in [3.8, 4) is 6.07 Å². The molecule has 2 saturated heterocycles. The van der Waals surface area contributed by atoms with Crippen LogP contribution >= 0.6 is 27.7 Å². The number of rotatable bonds is 5. The second kappa shape index (κ2) is 10.5. The van der Waals surface area contributed by atoms with Crippen molar-refractivity contribution in [3.05, 3.63) is 75.2 Å². The summed E-state index contributed by atoms with van der Waals surface area (Å²) in [6.45, 7) is 3.26. The Morgan fingerprint density at radius 2 is 1.85 bits per heavy atom. The third kappa shape index (κ3) is 5.47. The van der Waals surface area contributed by atoms with E-state index >= 15 is 0 Å². The standard InChI is InChI=1S/C24H24BrN5O2S/c1-28-11-13-29(14-12-28)27-22(31)20(16-26)24-30(19-5-3-2-4-6-19)23(32)21(33-24)15-17-7-9-18(25)10-8-17/h2-10,21H,11-15H2,1H3,(H,27,31)/p+1/b24-20+. The van der Waals surface area contributed by atoms with Gasteiger partial charge in [0.25, 0.3) is 5.91 Å². The van der Waals surface area contributed by atoms with Crippen LogP contribution in [0.2, 0.25) is 0 Å². The summed E-state index contributed by atoms with van der Waals surface area (Å²) in [7, 11) is 2.12. The van der Waals surface area contributed by atoms with E-state index < -0.39 is 11.2 Å². The number of thioether (sulfide) groups is 1. The number of nitrogens with one attached hydrogen (secondary N) is 2. The molecule has 0 radical (unpaired) electrons. The molecule has 1 atom stereocenters. The second-order valence-electron chi connectivity index (χ2n) is 8.12. The monoisotopic (exact) mass is 526 g/mol. The number of amides is 2. The zero-order valence-corrected chi connectivity index (χ0v) is 20.7. The van der Waals surface area contributed by atoms with E-state index in [1.807, 2.05) is 59.6 Å². The van der Waals surface area contributed by atoms with E-state index in [9.17, 15) is 14.9 Å². The predicted octanol–water partition coefficient (Wildman–Crippen LogP) is 1.74. The largest absolute Gasteiger partial charge is 0.335 e. The fourth-order valence-electron chi connectivity index (χ4n) is 3.83. The number of hydrazine groups is 1. The minimum atomic E-state index is -0.474. The van der Waals surface area contributed by atoms with Crippen LogP contribution in [0.3, 0.4) is 0 Å². The number of carbonyl (C=O) groups excluding carboxylic acids is 2. The zero-order valence-electron chi connectivity index (χ0n) is 18.3. The van der Waals surface area contributed by atoms with Crippen LogP contribution in [0.4, 0.5) is 5.69 Å². The highest BCUT2D eigenvalue weighted by atomic mass is 79.9. The minimum absolute atomic E-state index is 0.0400. The Kier molecular flexibility index (Phi) is 7.50. The fraction of sp³-hybridized carbons (Fsp3) is 0.292. The highest BCUT2D eigenvalue weighted by molar-refractivity contribution is 9.10. The third-order valence-electron chi connectivity index (χ3n) is 5.73. The molecule has 2 amide bonds. The van der Waals surface area contributed by atoms with Gasteiger partial charge in [-0.05, 0) is 36.2 Å². The molecule has 0 aliphatic carbocycles. The predicted molar refractivity (Wildman–Crippen MR) is 132 cm³/mol. The Morgan fingerprint density at radius 3 is 2.48 bits per heavy atom. The van der Waals surface area contributed by atoms with Gasteiger partial charge >= 0.3 is 0 Å². The molecular formula is C24H25BrN5O2S+. The van der Waals surface area contributed by atoms with Gasteiger partial charge in [0.1, 0.15) is 16.7 Å². The molecule has 9 heteroatoms. The molecule has 4 rings (SSSR count). The zero-order chi connectivity index (χ0) is 23.4. The van der Waals surface area contributed by atoms with E-state index in [0.717, 1.165) is 23.1 Å². The molecule has 2 aromatic rings. The van der Waals surface area contributed by atoms with E-state index in [-0.39, 0.29) is 11.5 Å². The van der Waals surface area contributed by atoms with Gasteiger partial charge in [0, 0.05) is 10.2 Å². The first-order valence-corrected chi connectivity index (χ1v) is 12.4. The van der Waals surface area contributed by atoms with Crippen LogP contribution in [0.25, 0.3) is 0 Å². The van der Waals surface area contributed by atoms with Crippen molar-refractivity contribution in [2.75, 3.05) is 38.1 Å².